The van der Waals surface area contributed by atoms with E-state index in [9.17, 15) is 5.11 Å². The molecule has 0 saturated carbocycles. The van der Waals surface area contributed by atoms with Crippen molar-refractivity contribution in [2.75, 3.05) is 32.1 Å². The van der Waals surface area contributed by atoms with Gasteiger partial charge in [0, 0.05) is 31.9 Å². The second-order valence-corrected chi connectivity index (χ2v) is 3.80. The van der Waals surface area contributed by atoms with Gasteiger partial charge in [-0.05, 0) is 18.6 Å². The molecule has 1 rings (SSSR count). The molecule has 1 atom stereocenters. The number of methoxy groups -OCH3 is 1. The van der Waals surface area contributed by atoms with Crippen molar-refractivity contribution in [3.63, 3.8) is 0 Å². The molecule has 0 heterocycles. The van der Waals surface area contributed by atoms with Crippen molar-refractivity contribution in [3.05, 3.63) is 24.3 Å². The maximum atomic E-state index is 9.38. The first-order valence-corrected chi connectivity index (χ1v) is 5.40. The van der Waals surface area contributed by atoms with Gasteiger partial charge >= 0.3 is 0 Å². The van der Waals surface area contributed by atoms with Crippen molar-refractivity contribution in [2.24, 2.45) is 5.73 Å². The Kier molecular flexibility index (Phi) is 5.08. The summed E-state index contributed by atoms with van der Waals surface area (Å²) in [7, 11) is 3.63. The highest BCUT2D eigenvalue weighted by molar-refractivity contribution is 5.49. The summed E-state index contributed by atoms with van der Waals surface area (Å²) in [5.74, 6) is 0.837. The first-order valence-electron chi connectivity index (χ1n) is 5.40. The topological polar surface area (TPSA) is 58.7 Å². The van der Waals surface area contributed by atoms with Crippen LogP contribution in [0.4, 0.5) is 5.69 Å². The highest BCUT2D eigenvalue weighted by atomic mass is 16.5. The van der Waals surface area contributed by atoms with Gasteiger partial charge in [0.05, 0.1) is 13.2 Å². The summed E-state index contributed by atoms with van der Waals surface area (Å²) in [6.07, 6.45) is 0.248. The Balaban J connectivity index is 2.54. The van der Waals surface area contributed by atoms with Gasteiger partial charge in [-0.15, -0.1) is 0 Å². The molecule has 0 aliphatic heterocycles. The molecule has 0 aliphatic rings. The number of benzene rings is 1. The molecule has 0 aliphatic carbocycles. The van der Waals surface area contributed by atoms with Crippen LogP contribution in [-0.4, -0.2) is 38.5 Å². The van der Waals surface area contributed by atoms with E-state index in [0.29, 0.717) is 13.0 Å². The molecule has 0 fully saturated rings. The number of rotatable bonds is 6. The number of hydrogen-bond donors (Lipinski definition) is 2. The molecule has 4 nitrogen and oxygen atoms in total. The quantitative estimate of drug-likeness (QED) is 0.752. The summed E-state index contributed by atoms with van der Waals surface area (Å²) < 4.78 is 5.16. The van der Waals surface area contributed by atoms with Gasteiger partial charge in [0.2, 0.25) is 0 Å². The van der Waals surface area contributed by atoms with Gasteiger partial charge in [-0.3, -0.25) is 0 Å². The molecule has 0 radical (unpaired) electrons. The molecule has 0 saturated heterocycles. The van der Waals surface area contributed by atoms with Crippen molar-refractivity contribution >= 4 is 5.69 Å². The zero-order chi connectivity index (χ0) is 12.0. The highest BCUT2D eigenvalue weighted by Gasteiger charge is 2.05. The minimum absolute atomic E-state index is 0.311. The van der Waals surface area contributed by atoms with E-state index < -0.39 is 6.10 Å². The van der Waals surface area contributed by atoms with Crippen LogP contribution >= 0.6 is 0 Å². The Labute approximate surface area is 96.6 Å². The number of aliphatic hydroxyl groups excluding tert-OH is 1. The van der Waals surface area contributed by atoms with Gasteiger partial charge < -0.3 is 20.5 Å². The Hall–Kier alpha value is -1.26. The van der Waals surface area contributed by atoms with E-state index in [0.717, 1.165) is 18.0 Å². The van der Waals surface area contributed by atoms with Crippen LogP contribution in [0.25, 0.3) is 0 Å². The van der Waals surface area contributed by atoms with Crippen LogP contribution in [0.2, 0.25) is 0 Å². The third-order valence-corrected chi connectivity index (χ3v) is 2.56. The van der Waals surface area contributed by atoms with Crippen LogP contribution in [0.5, 0.6) is 5.75 Å². The maximum Gasteiger partial charge on any atom is 0.120 e. The molecule has 0 bridgehead atoms. The second-order valence-electron chi connectivity index (χ2n) is 3.80. The average molecular weight is 224 g/mol. The first kappa shape index (κ1) is 12.8. The van der Waals surface area contributed by atoms with Crippen molar-refractivity contribution in [1.82, 2.24) is 0 Å². The summed E-state index contributed by atoms with van der Waals surface area (Å²) >= 11 is 0. The van der Waals surface area contributed by atoms with Gasteiger partial charge in [-0.25, -0.2) is 0 Å². The monoisotopic (exact) mass is 224 g/mol. The average Bonchev–Trinajstić information content (AvgIpc) is 2.35. The largest absolute Gasteiger partial charge is 0.497 e. The number of nitrogens with zero attached hydrogens (tertiary/aromatic N) is 1. The van der Waals surface area contributed by atoms with Crippen LogP contribution in [0, 0.1) is 0 Å². The molecule has 0 amide bonds. The molecule has 16 heavy (non-hydrogen) atoms. The van der Waals surface area contributed by atoms with Crippen molar-refractivity contribution < 1.29 is 9.84 Å². The van der Waals surface area contributed by atoms with Gasteiger partial charge in [0.15, 0.2) is 0 Å². The Morgan fingerprint density at radius 2 is 2.25 bits per heavy atom. The SMILES string of the molecule is COc1cccc(N(C)CCC(O)CN)c1. The third-order valence-electron chi connectivity index (χ3n) is 2.56. The van der Waals surface area contributed by atoms with Gasteiger partial charge in [0.25, 0.3) is 0 Å². The van der Waals surface area contributed by atoms with E-state index in [2.05, 4.69) is 4.90 Å². The lowest BCUT2D eigenvalue weighted by Crippen LogP contribution is -2.27. The van der Waals surface area contributed by atoms with Crippen LogP contribution in [0.1, 0.15) is 6.42 Å². The smallest absolute Gasteiger partial charge is 0.120 e. The number of nitrogens with two attached hydrogens (primary N) is 1. The van der Waals surface area contributed by atoms with E-state index in [1.807, 2.05) is 31.3 Å². The Bertz CT molecular complexity index is 318. The fourth-order valence-electron chi connectivity index (χ4n) is 1.44. The van der Waals surface area contributed by atoms with Crippen LogP contribution in [0.3, 0.4) is 0 Å². The van der Waals surface area contributed by atoms with Crippen molar-refractivity contribution in [3.8, 4) is 5.75 Å². The van der Waals surface area contributed by atoms with E-state index in [1.54, 1.807) is 7.11 Å². The van der Waals surface area contributed by atoms with Crippen LogP contribution in [-0.2, 0) is 0 Å². The fourth-order valence-corrected chi connectivity index (χ4v) is 1.44. The summed E-state index contributed by atoms with van der Waals surface area (Å²) in [5.41, 5.74) is 6.43. The molecule has 3 N–H and O–H groups in total. The van der Waals surface area contributed by atoms with Crippen molar-refractivity contribution in [2.45, 2.75) is 12.5 Å². The minimum atomic E-state index is -0.423. The zero-order valence-corrected chi connectivity index (χ0v) is 9.89. The van der Waals surface area contributed by atoms with E-state index in [4.69, 9.17) is 10.5 Å². The van der Waals surface area contributed by atoms with Crippen LogP contribution < -0.4 is 15.4 Å². The number of hydrogen-bond acceptors (Lipinski definition) is 4. The lowest BCUT2D eigenvalue weighted by Gasteiger charge is -2.21. The molecular weight excluding hydrogens is 204 g/mol. The third kappa shape index (κ3) is 3.72. The molecule has 1 unspecified atom stereocenters. The molecule has 90 valence electrons. The second kappa shape index (κ2) is 6.35. The van der Waals surface area contributed by atoms with Crippen LogP contribution in [0.15, 0.2) is 24.3 Å². The van der Waals surface area contributed by atoms with E-state index in [1.165, 1.54) is 0 Å². The van der Waals surface area contributed by atoms with Crippen molar-refractivity contribution in [1.29, 1.82) is 0 Å². The molecule has 0 aromatic heterocycles. The lowest BCUT2D eigenvalue weighted by molar-refractivity contribution is 0.175. The summed E-state index contributed by atoms with van der Waals surface area (Å²) in [4.78, 5) is 2.07. The normalized spacial score (nSPS) is 12.2. The Morgan fingerprint density at radius 1 is 1.50 bits per heavy atom. The summed E-state index contributed by atoms with van der Waals surface area (Å²) in [6, 6.07) is 7.84. The minimum Gasteiger partial charge on any atom is -0.497 e. The molecule has 1 aromatic rings. The zero-order valence-electron chi connectivity index (χ0n) is 9.89. The molecule has 0 spiro atoms. The van der Waals surface area contributed by atoms with Gasteiger partial charge in [-0.1, -0.05) is 6.07 Å². The summed E-state index contributed by atoms with van der Waals surface area (Å²) in [6.45, 7) is 1.08. The predicted molar refractivity (Wildman–Crippen MR) is 65.9 cm³/mol. The first-order chi connectivity index (χ1) is 7.67. The van der Waals surface area contributed by atoms with E-state index in [-0.39, 0.29) is 0 Å². The Morgan fingerprint density at radius 3 is 2.88 bits per heavy atom. The number of anilines is 1. The number of ether oxygens (including phenoxy) is 1. The molecular formula is C12H20N2O2. The highest BCUT2D eigenvalue weighted by Crippen LogP contribution is 2.19. The van der Waals surface area contributed by atoms with Gasteiger partial charge in [0.1, 0.15) is 5.75 Å². The van der Waals surface area contributed by atoms with Gasteiger partial charge in [-0.2, -0.15) is 0 Å². The fraction of sp³-hybridized carbons (Fsp3) is 0.500. The lowest BCUT2D eigenvalue weighted by atomic mass is 10.2. The molecule has 1 aromatic carbocycles. The number of aliphatic hydroxyl groups is 1. The standard InChI is InChI=1S/C12H20N2O2/c1-14(7-6-11(15)9-13)10-4-3-5-12(8-10)16-2/h3-5,8,11,15H,6-7,9,13H2,1-2H3. The summed E-state index contributed by atoms with van der Waals surface area (Å²) in [5, 5.41) is 9.38. The predicted octanol–water partition coefficient (Wildman–Crippen LogP) is 0.841. The maximum absolute atomic E-state index is 9.38. The molecule has 4 heteroatoms. The van der Waals surface area contributed by atoms with E-state index >= 15 is 0 Å².